The van der Waals surface area contributed by atoms with E-state index >= 15 is 0 Å². The van der Waals surface area contributed by atoms with Gasteiger partial charge in [-0.05, 0) is 12.7 Å². The molecule has 0 bridgehead atoms. The molecule has 0 aliphatic carbocycles. The second kappa shape index (κ2) is 4.66. The van der Waals surface area contributed by atoms with Crippen molar-refractivity contribution in [3.05, 3.63) is 19.1 Å². The van der Waals surface area contributed by atoms with Crippen molar-refractivity contribution >= 4 is 11.8 Å². The van der Waals surface area contributed by atoms with Crippen LogP contribution < -0.4 is 0 Å². The van der Waals surface area contributed by atoms with Gasteiger partial charge in [0.25, 0.3) is 0 Å². The topological polar surface area (TPSA) is 0 Å². The fourth-order valence-corrected chi connectivity index (χ4v) is 0.732. The van der Waals surface area contributed by atoms with Gasteiger partial charge in [0.1, 0.15) is 0 Å². The highest BCUT2D eigenvalue weighted by Crippen LogP contribution is 2.16. The number of allylic oxidation sites excluding steroid dienone is 1. The molecule has 1 radical (unpaired) electrons. The van der Waals surface area contributed by atoms with Gasteiger partial charge in [0, 0.05) is 11.8 Å². The Balaban J connectivity index is 3.37. The minimum absolute atomic E-state index is 0.246. The lowest BCUT2D eigenvalue weighted by molar-refractivity contribution is -0.0799. The highest BCUT2D eigenvalue weighted by molar-refractivity contribution is 7.99. The molecule has 4 heteroatoms. The van der Waals surface area contributed by atoms with Crippen molar-refractivity contribution in [2.75, 3.05) is 11.5 Å². The minimum Gasteiger partial charge on any atom is -0.167 e. The largest absolute Gasteiger partial charge is 0.409 e. The summed E-state index contributed by atoms with van der Waals surface area (Å²) in [5.74, 6) is 0.977. The van der Waals surface area contributed by atoms with Crippen LogP contribution in [0.2, 0.25) is 0 Å². The summed E-state index contributed by atoms with van der Waals surface area (Å²) in [7, 11) is 0. The predicted molar refractivity (Wildman–Crippen MR) is 37.9 cm³/mol. The zero-order valence-electron chi connectivity index (χ0n) is 5.32. The summed E-state index contributed by atoms with van der Waals surface area (Å²) in [5, 5.41) is 0. The molecule has 0 aromatic heterocycles. The highest BCUT2D eigenvalue weighted by atomic mass is 32.2. The van der Waals surface area contributed by atoms with Gasteiger partial charge in [-0.1, -0.05) is 6.08 Å². The van der Waals surface area contributed by atoms with Crippen LogP contribution in [0.3, 0.4) is 0 Å². The Bertz CT molecular complexity index is 106. The summed E-state index contributed by atoms with van der Waals surface area (Å²) in [5.41, 5.74) is 0. The van der Waals surface area contributed by atoms with E-state index < -0.39 is 6.18 Å². The number of rotatable bonds is 3. The molecular formula is C6H8F3S. The Kier molecular flexibility index (Phi) is 4.60. The van der Waals surface area contributed by atoms with E-state index in [1.54, 1.807) is 0 Å². The lowest BCUT2D eigenvalue weighted by Crippen LogP contribution is -2.00. The van der Waals surface area contributed by atoms with Crippen LogP contribution in [0.1, 0.15) is 0 Å². The summed E-state index contributed by atoms with van der Waals surface area (Å²) in [6, 6.07) is 0. The monoisotopic (exact) mass is 169 g/mol. The zero-order valence-corrected chi connectivity index (χ0v) is 6.13. The fourth-order valence-electron chi connectivity index (χ4n) is 0.333. The van der Waals surface area contributed by atoms with Crippen molar-refractivity contribution in [1.29, 1.82) is 0 Å². The first-order valence-corrected chi connectivity index (χ1v) is 3.83. The van der Waals surface area contributed by atoms with E-state index in [4.69, 9.17) is 0 Å². The fraction of sp³-hybridized carbons (Fsp3) is 0.500. The van der Waals surface area contributed by atoms with Gasteiger partial charge in [0.15, 0.2) is 0 Å². The third-order valence-electron chi connectivity index (χ3n) is 0.665. The molecule has 0 nitrogen and oxygen atoms in total. The maximum Gasteiger partial charge on any atom is 0.409 e. The summed E-state index contributed by atoms with van der Waals surface area (Å²) >= 11 is 1.35. The third-order valence-corrected chi connectivity index (χ3v) is 1.38. The van der Waals surface area contributed by atoms with Crippen LogP contribution in [-0.2, 0) is 0 Å². The van der Waals surface area contributed by atoms with Gasteiger partial charge in [0.2, 0.25) is 0 Å². The Morgan fingerprint density at radius 1 is 1.40 bits per heavy atom. The third kappa shape index (κ3) is 7.88. The Morgan fingerprint density at radius 3 is 2.40 bits per heavy atom. The average molecular weight is 169 g/mol. The van der Waals surface area contributed by atoms with Gasteiger partial charge in [0.05, 0.1) is 0 Å². The first-order valence-electron chi connectivity index (χ1n) is 2.67. The molecule has 0 rings (SSSR count). The SMILES string of the molecule is [CH2]CSCC=CC(F)(F)F. The molecule has 59 valence electrons. The first-order chi connectivity index (χ1) is 4.56. The molecular weight excluding hydrogens is 161 g/mol. The number of halogens is 3. The molecule has 0 aliphatic heterocycles. The van der Waals surface area contributed by atoms with Gasteiger partial charge in [-0.2, -0.15) is 24.9 Å². The van der Waals surface area contributed by atoms with Crippen LogP contribution >= 0.6 is 11.8 Å². The molecule has 0 N–H and O–H groups in total. The smallest absolute Gasteiger partial charge is 0.167 e. The molecule has 0 fully saturated rings. The maximum absolute atomic E-state index is 11.4. The maximum atomic E-state index is 11.4. The lowest BCUT2D eigenvalue weighted by atomic mass is 10.5. The number of hydrogen-bond acceptors (Lipinski definition) is 1. The number of hydrogen-bond donors (Lipinski definition) is 0. The van der Waals surface area contributed by atoms with E-state index in [1.807, 2.05) is 0 Å². The van der Waals surface area contributed by atoms with E-state index in [0.717, 1.165) is 6.08 Å². The summed E-state index contributed by atoms with van der Waals surface area (Å²) < 4.78 is 34.1. The zero-order chi connectivity index (χ0) is 8.04. The second-order valence-electron chi connectivity index (χ2n) is 1.52. The van der Waals surface area contributed by atoms with Crippen LogP contribution in [0.15, 0.2) is 12.2 Å². The van der Waals surface area contributed by atoms with Crippen LogP contribution in [0.25, 0.3) is 0 Å². The van der Waals surface area contributed by atoms with Gasteiger partial charge in [-0.15, -0.1) is 0 Å². The summed E-state index contributed by atoms with van der Waals surface area (Å²) in [6.07, 6.45) is -2.83. The van der Waals surface area contributed by atoms with Crippen molar-refractivity contribution in [2.24, 2.45) is 0 Å². The Labute approximate surface area is 62.5 Å². The van der Waals surface area contributed by atoms with Gasteiger partial charge < -0.3 is 0 Å². The normalized spacial score (nSPS) is 12.8. The quantitative estimate of drug-likeness (QED) is 0.462. The molecule has 0 aromatic rings. The van der Waals surface area contributed by atoms with Crippen LogP contribution in [0.4, 0.5) is 13.2 Å². The molecule has 0 unspecified atom stereocenters. The average Bonchev–Trinajstić information content (AvgIpc) is 1.78. The molecule has 0 atom stereocenters. The van der Waals surface area contributed by atoms with Crippen LogP contribution in [0.5, 0.6) is 0 Å². The molecule has 0 saturated carbocycles. The van der Waals surface area contributed by atoms with Gasteiger partial charge in [-0.25, -0.2) is 0 Å². The lowest BCUT2D eigenvalue weighted by Gasteiger charge is -1.96. The van der Waals surface area contributed by atoms with Crippen molar-refractivity contribution in [3.63, 3.8) is 0 Å². The standard InChI is InChI=1S/C6H8F3S/c1-2-10-5-3-4-6(7,8)9/h3-4H,1-2,5H2. The minimum atomic E-state index is -4.16. The molecule has 10 heavy (non-hydrogen) atoms. The van der Waals surface area contributed by atoms with Gasteiger partial charge in [-0.3, -0.25) is 0 Å². The van der Waals surface area contributed by atoms with Crippen LogP contribution in [-0.4, -0.2) is 17.7 Å². The Hall–Kier alpha value is -0.120. The van der Waals surface area contributed by atoms with Crippen molar-refractivity contribution in [1.82, 2.24) is 0 Å². The Morgan fingerprint density at radius 2 is 2.00 bits per heavy atom. The van der Waals surface area contributed by atoms with E-state index in [9.17, 15) is 13.2 Å². The van der Waals surface area contributed by atoms with Crippen molar-refractivity contribution in [3.8, 4) is 0 Å². The van der Waals surface area contributed by atoms with Gasteiger partial charge >= 0.3 is 6.18 Å². The molecule has 0 heterocycles. The number of thioether (sulfide) groups is 1. The summed E-state index contributed by atoms with van der Waals surface area (Å²) in [6.45, 7) is 3.47. The van der Waals surface area contributed by atoms with Crippen LogP contribution in [0, 0.1) is 6.92 Å². The molecule has 0 aromatic carbocycles. The second-order valence-corrected chi connectivity index (χ2v) is 2.67. The molecule has 0 saturated heterocycles. The molecule has 0 aliphatic rings. The predicted octanol–water partition coefficient (Wildman–Crippen LogP) is 2.67. The van der Waals surface area contributed by atoms with E-state index in [-0.39, 0.29) is 6.08 Å². The molecule has 0 amide bonds. The van der Waals surface area contributed by atoms with E-state index in [1.165, 1.54) is 11.8 Å². The molecule has 0 spiro atoms. The highest BCUT2D eigenvalue weighted by Gasteiger charge is 2.21. The first kappa shape index (κ1) is 9.88. The number of alkyl halides is 3. The van der Waals surface area contributed by atoms with Crippen molar-refractivity contribution < 1.29 is 13.2 Å². The van der Waals surface area contributed by atoms with E-state index in [0.29, 0.717) is 11.5 Å². The van der Waals surface area contributed by atoms with E-state index in [2.05, 4.69) is 6.92 Å². The summed E-state index contributed by atoms with van der Waals surface area (Å²) in [4.78, 5) is 0. The van der Waals surface area contributed by atoms with Crippen molar-refractivity contribution in [2.45, 2.75) is 6.18 Å².